The van der Waals surface area contributed by atoms with E-state index in [-0.39, 0.29) is 0 Å². The predicted octanol–water partition coefficient (Wildman–Crippen LogP) is 6.19. The zero-order chi connectivity index (χ0) is 21.3. The Bertz CT molecular complexity index is 816. The van der Waals surface area contributed by atoms with Crippen molar-refractivity contribution < 1.29 is 9.47 Å². The molecule has 0 radical (unpaired) electrons. The van der Waals surface area contributed by atoms with E-state index in [1.54, 1.807) is 14.2 Å². The van der Waals surface area contributed by atoms with Crippen LogP contribution in [0.1, 0.15) is 56.6 Å². The van der Waals surface area contributed by atoms with E-state index in [9.17, 15) is 0 Å². The third-order valence-electron chi connectivity index (χ3n) is 5.88. The van der Waals surface area contributed by atoms with Gasteiger partial charge in [-0.3, -0.25) is 0 Å². The molecular formula is C25H34N2O2S. The number of nitrogens with one attached hydrogen (secondary N) is 1. The standard InChI is InChI=1S/C25H34N2O2S/c1-4-5-9-19-14-16-21(17-15-19)26-25(30)27(22-11-6-7-12-22)18-20-10-8-13-23(28-2)24(20)29-3/h8,10,13-17,22H,4-7,9,11-12,18H2,1-3H3,(H,26,30). The first kappa shape index (κ1) is 22.4. The molecule has 0 bridgehead atoms. The molecule has 1 aliphatic carbocycles. The Morgan fingerprint density at radius 3 is 2.43 bits per heavy atom. The summed E-state index contributed by atoms with van der Waals surface area (Å²) in [5.74, 6) is 1.54. The number of rotatable bonds is 9. The highest BCUT2D eigenvalue weighted by molar-refractivity contribution is 7.80. The number of aryl methyl sites for hydroxylation is 1. The maximum Gasteiger partial charge on any atom is 0.173 e. The third-order valence-corrected chi connectivity index (χ3v) is 6.21. The van der Waals surface area contributed by atoms with Gasteiger partial charge in [-0.2, -0.15) is 0 Å². The molecule has 0 aliphatic heterocycles. The molecule has 1 saturated carbocycles. The van der Waals surface area contributed by atoms with Crippen LogP contribution in [-0.2, 0) is 13.0 Å². The average Bonchev–Trinajstić information content (AvgIpc) is 3.31. The van der Waals surface area contributed by atoms with Crippen molar-refractivity contribution in [1.29, 1.82) is 0 Å². The number of hydrogen-bond acceptors (Lipinski definition) is 3. The van der Waals surface area contributed by atoms with E-state index in [0.717, 1.165) is 34.3 Å². The lowest BCUT2D eigenvalue weighted by atomic mass is 10.1. The van der Waals surface area contributed by atoms with Crippen LogP contribution in [0.15, 0.2) is 42.5 Å². The summed E-state index contributed by atoms with van der Waals surface area (Å²) in [5.41, 5.74) is 3.51. The summed E-state index contributed by atoms with van der Waals surface area (Å²) in [5, 5.41) is 4.25. The second kappa shape index (κ2) is 11.2. The van der Waals surface area contributed by atoms with Gasteiger partial charge in [-0.05, 0) is 61.7 Å². The molecular weight excluding hydrogens is 392 g/mol. The van der Waals surface area contributed by atoms with Gasteiger partial charge in [0.05, 0.1) is 14.2 Å². The van der Waals surface area contributed by atoms with Crippen molar-refractivity contribution in [1.82, 2.24) is 4.90 Å². The highest BCUT2D eigenvalue weighted by Crippen LogP contribution is 2.33. The molecule has 0 spiro atoms. The average molecular weight is 427 g/mol. The zero-order valence-electron chi connectivity index (χ0n) is 18.4. The Balaban J connectivity index is 1.76. The van der Waals surface area contributed by atoms with Gasteiger partial charge in [-0.1, -0.05) is 50.5 Å². The lowest BCUT2D eigenvalue weighted by molar-refractivity contribution is 0.300. The quantitative estimate of drug-likeness (QED) is 0.484. The summed E-state index contributed by atoms with van der Waals surface area (Å²) in [7, 11) is 3.37. The van der Waals surface area contributed by atoms with Crippen LogP contribution in [0.5, 0.6) is 11.5 Å². The number of anilines is 1. The lowest BCUT2D eigenvalue weighted by Crippen LogP contribution is -2.41. The number of methoxy groups -OCH3 is 2. The van der Waals surface area contributed by atoms with Gasteiger partial charge in [0, 0.05) is 23.8 Å². The molecule has 4 nitrogen and oxygen atoms in total. The molecule has 1 fully saturated rings. The molecule has 2 aromatic rings. The molecule has 162 valence electrons. The van der Waals surface area contributed by atoms with Crippen molar-refractivity contribution >= 4 is 23.0 Å². The molecule has 0 amide bonds. The van der Waals surface area contributed by atoms with Crippen molar-refractivity contribution in [3.05, 3.63) is 53.6 Å². The highest BCUT2D eigenvalue weighted by Gasteiger charge is 2.26. The summed E-state index contributed by atoms with van der Waals surface area (Å²) in [6.07, 6.45) is 8.42. The monoisotopic (exact) mass is 426 g/mol. The predicted molar refractivity (Wildman–Crippen MR) is 129 cm³/mol. The van der Waals surface area contributed by atoms with Gasteiger partial charge in [-0.15, -0.1) is 0 Å². The van der Waals surface area contributed by atoms with Crippen LogP contribution >= 0.6 is 12.2 Å². The van der Waals surface area contributed by atoms with Crippen molar-refractivity contribution in [2.24, 2.45) is 0 Å². The summed E-state index contributed by atoms with van der Waals surface area (Å²) in [6.45, 7) is 2.93. The first-order valence-corrected chi connectivity index (χ1v) is 11.4. The van der Waals surface area contributed by atoms with Gasteiger partial charge in [0.25, 0.3) is 0 Å². The van der Waals surface area contributed by atoms with E-state index in [2.05, 4.69) is 47.5 Å². The van der Waals surface area contributed by atoms with Crippen LogP contribution in [0, 0.1) is 0 Å². The van der Waals surface area contributed by atoms with E-state index in [0.29, 0.717) is 12.6 Å². The van der Waals surface area contributed by atoms with Crippen LogP contribution in [0.2, 0.25) is 0 Å². The third kappa shape index (κ3) is 5.66. The first-order valence-electron chi connectivity index (χ1n) is 11.0. The normalized spacial score (nSPS) is 13.8. The second-order valence-corrected chi connectivity index (χ2v) is 8.34. The van der Waals surface area contributed by atoms with Gasteiger partial charge in [0.15, 0.2) is 16.6 Å². The van der Waals surface area contributed by atoms with Crippen molar-refractivity contribution in [3.8, 4) is 11.5 Å². The first-order chi connectivity index (χ1) is 14.7. The molecule has 0 unspecified atom stereocenters. The number of thiocarbonyl (C=S) groups is 1. The van der Waals surface area contributed by atoms with Gasteiger partial charge >= 0.3 is 0 Å². The minimum Gasteiger partial charge on any atom is -0.493 e. The molecule has 1 aliphatic rings. The van der Waals surface area contributed by atoms with Gasteiger partial charge < -0.3 is 19.7 Å². The largest absolute Gasteiger partial charge is 0.493 e. The molecule has 0 aromatic heterocycles. The minimum absolute atomic E-state index is 0.449. The number of unbranched alkanes of at least 4 members (excludes halogenated alkanes) is 1. The Hall–Kier alpha value is -2.27. The van der Waals surface area contributed by atoms with E-state index < -0.39 is 0 Å². The summed E-state index contributed by atoms with van der Waals surface area (Å²) >= 11 is 5.88. The van der Waals surface area contributed by atoms with E-state index in [1.807, 2.05) is 12.1 Å². The SMILES string of the molecule is CCCCc1ccc(NC(=S)N(Cc2cccc(OC)c2OC)C2CCCC2)cc1. The molecule has 2 aromatic carbocycles. The van der Waals surface area contributed by atoms with Crippen LogP contribution in [0.4, 0.5) is 5.69 Å². The maximum atomic E-state index is 5.88. The van der Waals surface area contributed by atoms with Gasteiger partial charge in [0.2, 0.25) is 0 Å². The number of hydrogen-bond donors (Lipinski definition) is 1. The molecule has 5 heteroatoms. The van der Waals surface area contributed by atoms with Gasteiger partial charge in [-0.25, -0.2) is 0 Å². The molecule has 0 saturated heterocycles. The maximum absolute atomic E-state index is 5.88. The summed E-state index contributed by atoms with van der Waals surface area (Å²) < 4.78 is 11.1. The van der Waals surface area contributed by atoms with Crippen LogP contribution in [0.25, 0.3) is 0 Å². The van der Waals surface area contributed by atoms with Crippen molar-refractivity contribution in [2.45, 2.75) is 64.5 Å². The Morgan fingerprint density at radius 2 is 1.80 bits per heavy atom. The Morgan fingerprint density at radius 1 is 1.07 bits per heavy atom. The van der Waals surface area contributed by atoms with Crippen LogP contribution < -0.4 is 14.8 Å². The molecule has 0 heterocycles. The minimum atomic E-state index is 0.449. The lowest BCUT2D eigenvalue weighted by Gasteiger charge is -2.32. The second-order valence-electron chi connectivity index (χ2n) is 7.95. The number of benzene rings is 2. The van der Waals surface area contributed by atoms with Gasteiger partial charge in [0.1, 0.15) is 0 Å². The van der Waals surface area contributed by atoms with E-state index in [1.165, 1.54) is 44.1 Å². The smallest absolute Gasteiger partial charge is 0.173 e. The fraction of sp³-hybridized carbons (Fsp3) is 0.480. The highest BCUT2D eigenvalue weighted by atomic mass is 32.1. The molecule has 1 N–H and O–H groups in total. The van der Waals surface area contributed by atoms with Crippen LogP contribution in [-0.4, -0.2) is 30.3 Å². The van der Waals surface area contributed by atoms with E-state index in [4.69, 9.17) is 21.7 Å². The zero-order valence-corrected chi connectivity index (χ0v) is 19.3. The number of ether oxygens (including phenoxy) is 2. The van der Waals surface area contributed by atoms with E-state index >= 15 is 0 Å². The molecule has 0 atom stereocenters. The Labute approximate surface area is 186 Å². The fourth-order valence-corrected chi connectivity index (χ4v) is 4.51. The molecule has 30 heavy (non-hydrogen) atoms. The van der Waals surface area contributed by atoms with Crippen molar-refractivity contribution in [3.63, 3.8) is 0 Å². The van der Waals surface area contributed by atoms with Crippen molar-refractivity contribution in [2.75, 3.05) is 19.5 Å². The summed E-state index contributed by atoms with van der Waals surface area (Å²) in [6, 6.07) is 15.1. The molecule has 3 rings (SSSR count). The number of para-hydroxylation sites is 1. The number of nitrogens with zero attached hydrogens (tertiary/aromatic N) is 1. The fourth-order valence-electron chi connectivity index (χ4n) is 4.18. The topological polar surface area (TPSA) is 33.7 Å². The Kier molecular flexibility index (Phi) is 8.38. The van der Waals surface area contributed by atoms with Crippen LogP contribution in [0.3, 0.4) is 0 Å². The summed E-state index contributed by atoms with van der Waals surface area (Å²) in [4.78, 5) is 2.32.